The lowest BCUT2D eigenvalue weighted by atomic mass is 9.47. The third kappa shape index (κ3) is 3.78. The Bertz CT molecular complexity index is 651. The summed E-state index contributed by atoms with van der Waals surface area (Å²) >= 11 is 0. The topological polar surface area (TPSA) is 49.7 Å². The van der Waals surface area contributed by atoms with Crippen molar-refractivity contribution in [3.05, 3.63) is 35.4 Å². The van der Waals surface area contributed by atoms with Crippen LogP contribution >= 0.6 is 0 Å². The smallest absolute Gasteiger partial charge is 0.119 e. The van der Waals surface area contributed by atoms with Crippen molar-refractivity contribution in [1.29, 1.82) is 0 Å². The summed E-state index contributed by atoms with van der Waals surface area (Å²) in [6.07, 6.45) is 8.16. The van der Waals surface area contributed by atoms with Gasteiger partial charge in [0.2, 0.25) is 0 Å². The number of benzene rings is 1. The molecule has 146 valence electrons. The van der Waals surface area contributed by atoms with Gasteiger partial charge in [0.15, 0.2) is 0 Å². The van der Waals surface area contributed by atoms with Crippen LogP contribution in [0.1, 0.15) is 58.9 Å². The fourth-order valence-electron chi connectivity index (χ4n) is 5.33. The number of phenolic OH excluding ortho intramolecular Hbond substituents is 2. The molecule has 3 rings (SSSR count). The summed E-state index contributed by atoms with van der Waals surface area (Å²) in [5, 5.41) is 20.1. The second-order valence-electron chi connectivity index (χ2n) is 8.78. The van der Waals surface area contributed by atoms with Crippen molar-refractivity contribution in [2.75, 3.05) is 14.2 Å². The molecule has 0 amide bonds. The second-order valence-corrected chi connectivity index (χ2v) is 8.78. The Hall–Kier alpha value is -1.48. The summed E-state index contributed by atoms with van der Waals surface area (Å²) in [5.74, 6) is 1.80. The highest BCUT2D eigenvalue weighted by atomic mass is 16.4. The summed E-state index contributed by atoms with van der Waals surface area (Å²) in [6.45, 7) is 9.51. The molecule has 2 aliphatic rings. The summed E-state index contributed by atoms with van der Waals surface area (Å²) in [5.41, 5.74) is 2.86. The van der Waals surface area contributed by atoms with Gasteiger partial charge < -0.3 is 14.9 Å². The fourth-order valence-corrected chi connectivity index (χ4v) is 5.33. The van der Waals surface area contributed by atoms with Crippen molar-refractivity contribution < 1.29 is 14.9 Å². The maximum Gasteiger partial charge on any atom is 0.119 e. The van der Waals surface area contributed by atoms with Gasteiger partial charge in [-0.15, -0.1) is 0 Å². The van der Waals surface area contributed by atoms with Gasteiger partial charge in [0.25, 0.3) is 0 Å². The summed E-state index contributed by atoms with van der Waals surface area (Å²) in [7, 11) is 3.25. The molecule has 2 N–H and O–H groups in total. The zero-order valence-corrected chi connectivity index (χ0v) is 17.3. The number of ether oxygens (including phenoxy) is 1. The third-order valence-corrected chi connectivity index (χ3v) is 7.23. The molecule has 0 aliphatic heterocycles. The molecule has 0 heterocycles. The molecule has 3 nitrogen and oxygen atoms in total. The quantitative estimate of drug-likeness (QED) is 0.525. The first kappa shape index (κ1) is 20.8. The van der Waals surface area contributed by atoms with Crippen LogP contribution in [-0.4, -0.2) is 24.4 Å². The standard InChI is InChI=1S/C21H30O2.C2H6O/c1-14-6-5-7-19-20(14,3)11-10-15(2)21(19,4)13-16-12-17(22)8-9-18(16)23;1-3-2/h6,8-9,12,15,19,22-23H,5,7,10-11,13H2,1-4H3;1-2H3/t15-,19+,20+,21+;/m0./s1. The molecular formula is C23H36O3. The summed E-state index contributed by atoms with van der Waals surface area (Å²) in [4.78, 5) is 0. The monoisotopic (exact) mass is 360 g/mol. The van der Waals surface area contributed by atoms with E-state index in [1.807, 2.05) is 0 Å². The van der Waals surface area contributed by atoms with E-state index in [0.29, 0.717) is 17.6 Å². The predicted octanol–water partition coefficient (Wildman–Crippen LogP) is 5.70. The van der Waals surface area contributed by atoms with E-state index in [2.05, 4.69) is 38.5 Å². The fraction of sp³-hybridized carbons (Fsp3) is 0.652. The van der Waals surface area contributed by atoms with Crippen LogP contribution in [-0.2, 0) is 11.2 Å². The summed E-state index contributed by atoms with van der Waals surface area (Å²) in [6, 6.07) is 4.92. The molecule has 0 bridgehead atoms. The van der Waals surface area contributed by atoms with Crippen molar-refractivity contribution in [3.8, 4) is 11.5 Å². The van der Waals surface area contributed by atoms with Crippen LogP contribution in [0.3, 0.4) is 0 Å². The average molecular weight is 361 g/mol. The number of hydrogen-bond donors (Lipinski definition) is 2. The Kier molecular flexibility index (Phi) is 6.44. The van der Waals surface area contributed by atoms with E-state index < -0.39 is 0 Å². The van der Waals surface area contributed by atoms with Crippen molar-refractivity contribution >= 4 is 0 Å². The van der Waals surface area contributed by atoms with E-state index in [0.717, 1.165) is 12.0 Å². The number of methoxy groups -OCH3 is 1. The van der Waals surface area contributed by atoms with E-state index in [-0.39, 0.29) is 16.6 Å². The van der Waals surface area contributed by atoms with Crippen LogP contribution in [0.5, 0.6) is 11.5 Å². The lowest BCUT2D eigenvalue weighted by Gasteiger charge is -2.58. The molecule has 0 spiro atoms. The Balaban J connectivity index is 0.000000758. The number of hydrogen-bond acceptors (Lipinski definition) is 3. The normalized spacial score (nSPS) is 33.5. The van der Waals surface area contributed by atoms with Gasteiger partial charge in [-0.3, -0.25) is 0 Å². The first-order valence-corrected chi connectivity index (χ1v) is 9.77. The molecule has 0 radical (unpaired) electrons. The van der Waals surface area contributed by atoms with Crippen LogP contribution in [0.25, 0.3) is 0 Å². The van der Waals surface area contributed by atoms with Gasteiger partial charge in [-0.1, -0.05) is 32.4 Å². The predicted molar refractivity (Wildman–Crippen MR) is 108 cm³/mol. The zero-order valence-electron chi connectivity index (χ0n) is 17.3. The van der Waals surface area contributed by atoms with E-state index in [4.69, 9.17) is 0 Å². The molecule has 3 heteroatoms. The lowest BCUT2D eigenvalue weighted by molar-refractivity contribution is -0.0412. The van der Waals surface area contributed by atoms with Crippen LogP contribution in [0, 0.1) is 22.7 Å². The van der Waals surface area contributed by atoms with Crippen LogP contribution in [0.4, 0.5) is 0 Å². The first-order chi connectivity index (χ1) is 12.2. The minimum Gasteiger partial charge on any atom is -0.508 e. The Morgan fingerprint density at radius 2 is 1.81 bits per heavy atom. The highest BCUT2D eigenvalue weighted by Gasteiger charge is 2.53. The zero-order chi connectivity index (χ0) is 19.5. The van der Waals surface area contributed by atoms with Gasteiger partial charge in [0, 0.05) is 14.2 Å². The van der Waals surface area contributed by atoms with Gasteiger partial charge in [-0.2, -0.15) is 0 Å². The molecule has 2 aliphatic carbocycles. The molecule has 1 fully saturated rings. The number of rotatable bonds is 2. The van der Waals surface area contributed by atoms with Gasteiger partial charge in [-0.25, -0.2) is 0 Å². The molecule has 0 unspecified atom stereocenters. The number of allylic oxidation sites excluding steroid dienone is 2. The second kappa shape index (κ2) is 8.04. The molecule has 0 saturated heterocycles. The number of phenols is 2. The van der Waals surface area contributed by atoms with Crippen molar-refractivity contribution in [1.82, 2.24) is 0 Å². The van der Waals surface area contributed by atoms with Gasteiger partial charge >= 0.3 is 0 Å². The van der Waals surface area contributed by atoms with E-state index >= 15 is 0 Å². The highest BCUT2D eigenvalue weighted by Crippen LogP contribution is 2.61. The Morgan fingerprint density at radius 1 is 1.15 bits per heavy atom. The highest BCUT2D eigenvalue weighted by molar-refractivity contribution is 5.39. The van der Waals surface area contributed by atoms with Crippen molar-refractivity contribution in [3.63, 3.8) is 0 Å². The number of aromatic hydroxyl groups is 2. The first-order valence-electron chi connectivity index (χ1n) is 9.77. The molecule has 26 heavy (non-hydrogen) atoms. The van der Waals surface area contributed by atoms with Crippen LogP contribution in [0.15, 0.2) is 29.8 Å². The largest absolute Gasteiger partial charge is 0.508 e. The SMILES string of the molecule is CC1=CCC[C@H]2[C@](C)(Cc3cc(O)ccc3O)[C@@H](C)CC[C@]12C.COC. The minimum atomic E-state index is 0.147. The molecule has 1 aromatic rings. The van der Waals surface area contributed by atoms with E-state index in [1.54, 1.807) is 38.0 Å². The van der Waals surface area contributed by atoms with Gasteiger partial charge in [0.05, 0.1) is 0 Å². The third-order valence-electron chi connectivity index (χ3n) is 7.23. The Labute approximate surface area is 159 Å². The molecule has 1 saturated carbocycles. The molecule has 4 atom stereocenters. The van der Waals surface area contributed by atoms with Crippen molar-refractivity contribution in [2.24, 2.45) is 22.7 Å². The number of fused-ring (bicyclic) bond motifs is 1. The maximum atomic E-state index is 10.3. The molecular weight excluding hydrogens is 324 g/mol. The van der Waals surface area contributed by atoms with Gasteiger partial charge in [0.1, 0.15) is 11.5 Å². The van der Waals surface area contributed by atoms with Crippen LogP contribution in [0.2, 0.25) is 0 Å². The average Bonchev–Trinajstić information content (AvgIpc) is 2.58. The molecule has 1 aromatic carbocycles. The van der Waals surface area contributed by atoms with Crippen LogP contribution < -0.4 is 0 Å². The van der Waals surface area contributed by atoms with E-state index in [9.17, 15) is 10.2 Å². The van der Waals surface area contributed by atoms with Crippen molar-refractivity contribution in [2.45, 2.75) is 59.8 Å². The maximum absolute atomic E-state index is 10.3. The minimum absolute atomic E-state index is 0.147. The summed E-state index contributed by atoms with van der Waals surface area (Å²) < 4.78 is 4.25. The molecule has 0 aromatic heterocycles. The van der Waals surface area contributed by atoms with E-state index in [1.165, 1.54) is 25.7 Å². The lowest BCUT2D eigenvalue weighted by Crippen LogP contribution is -2.50. The Morgan fingerprint density at radius 3 is 2.46 bits per heavy atom. The van der Waals surface area contributed by atoms with Gasteiger partial charge in [-0.05, 0) is 85.5 Å².